The lowest BCUT2D eigenvalue weighted by molar-refractivity contribution is 0.0580. The van der Waals surface area contributed by atoms with Gasteiger partial charge < -0.3 is 15.2 Å². The van der Waals surface area contributed by atoms with Crippen LogP contribution in [0.4, 0.5) is 16.2 Å². The zero-order valence-electron chi connectivity index (χ0n) is 12.7. The molecule has 1 aromatic rings. The fourth-order valence-electron chi connectivity index (χ4n) is 2.25. The third-order valence-corrected chi connectivity index (χ3v) is 3.17. The van der Waals surface area contributed by atoms with Crippen LogP contribution in [0.1, 0.15) is 36.7 Å². The summed E-state index contributed by atoms with van der Waals surface area (Å²) in [5.41, 5.74) is 7.51. The molecule has 0 aromatic heterocycles. The molecule has 6 nitrogen and oxygen atoms in total. The monoisotopic (exact) mass is 292 g/mol. The number of hydrogen-bond acceptors (Lipinski definition) is 5. The molecule has 1 aromatic carbocycles. The van der Waals surface area contributed by atoms with Crippen molar-refractivity contribution in [3.63, 3.8) is 0 Å². The number of carbonyl (C=O) groups excluding carboxylic acids is 2. The van der Waals surface area contributed by atoms with Gasteiger partial charge in [0.1, 0.15) is 5.60 Å². The summed E-state index contributed by atoms with van der Waals surface area (Å²) < 4.78 is 10.1. The number of hydrogen-bond donors (Lipinski definition) is 1. The van der Waals surface area contributed by atoms with Crippen LogP contribution in [0.2, 0.25) is 0 Å². The Kier molecular flexibility index (Phi) is 3.80. The number of methoxy groups -OCH3 is 1. The van der Waals surface area contributed by atoms with Gasteiger partial charge in [0, 0.05) is 12.2 Å². The van der Waals surface area contributed by atoms with E-state index in [4.69, 9.17) is 15.2 Å². The highest BCUT2D eigenvalue weighted by Crippen LogP contribution is 2.33. The summed E-state index contributed by atoms with van der Waals surface area (Å²) in [4.78, 5) is 25.4. The van der Waals surface area contributed by atoms with Gasteiger partial charge in [0.2, 0.25) is 0 Å². The molecule has 2 N–H and O–H groups in total. The van der Waals surface area contributed by atoms with Crippen molar-refractivity contribution in [3.8, 4) is 0 Å². The SMILES string of the molecule is COC(=O)c1cc2c(cc1N)N(C(=O)OC(C)(C)C)CC2. The van der Waals surface area contributed by atoms with Crippen molar-refractivity contribution in [3.05, 3.63) is 23.3 Å². The van der Waals surface area contributed by atoms with Gasteiger partial charge in [-0.2, -0.15) is 0 Å². The van der Waals surface area contributed by atoms with Gasteiger partial charge >= 0.3 is 12.1 Å². The lowest BCUT2D eigenvalue weighted by Gasteiger charge is -2.25. The Labute approximate surface area is 123 Å². The molecule has 1 aliphatic heterocycles. The Hall–Kier alpha value is -2.24. The maximum Gasteiger partial charge on any atom is 0.414 e. The minimum Gasteiger partial charge on any atom is -0.465 e. The molecule has 21 heavy (non-hydrogen) atoms. The Balaban J connectivity index is 2.31. The van der Waals surface area contributed by atoms with E-state index in [-0.39, 0.29) is 5.69 Å². The minimum atomic E-state index is -0.558. The van der Waals surface area contributed by atoms with Gasteiger partial charge in [0.25, 0.3) is 0 Å². The number of fused-ring (bicyclic) bond motifs is 1. The topological polar surface area (TPSA) is 81.9 Å². The molecule has 0 fully saturated rings. The molecule has 114 valence electrons. The molecule has 2 rings (SSSR count). The maximum absolute atomic E-state index is 12.2. The standard InChI is InChI=1S/C15H20N2O4/c1-15(2,3)21-14(19)17-6-5-9-7-10(13(18)20-4)11(16)8-12(9)17/h7-8H,5-6,16H2,1-4H3. The Morgan fingerprint density at radius 3 is 2.52 bits per heavy atom. The number of carbonyl (C=O) groups is 2. The molecule has 1 heterocycles. The van der Waals surface area contributed by atoms with Crippen molar-refractivity contribution in [2.24, 2.45) is 0 Å². The van der Waals surface area contributed by atoms with Crippen molar-refractivity contribution in [1.82, 2.24) is 0 Å². The molecule has 1 amide bonds. The highest BCUT2D eigenvalue weighted by atomic mass is 16.6. The number of amides is 1. The first-order valence-electron chi connectivity index (χ1n) is 6.74. The summed E-state index contributed by atoms with van der Waals surface area (Å²) in [7, 11) is 1.31. The van der Waals surface area contributed by atoms with E-state index in [1.807, 2.05) is 20.8 Å². The van der Waals surface area contributed by atoms with Gasteiger partial charge in [-0.05, 0) is 44.9 Å². The van der Waals surface area contributed by atoms with Crippen molar-refractivity contribution < 1.29 is 19.1 Å². The summed E-state index contributed by atoms with van der Waals surface area (Å²) in [6.07, 6.45) is 0.241. The predicted octanol–water partition coefficient (Wildman–Crippen LogP) is 2.35. The fraction of sp³-hybridized carbons (Fsp3) is 0.467. The van der Waals surface area contributed by atoms with Crippen LogP contribution in [0.25, 0.3) is 0 Å². The van der Waals surface area contributed by atoms with Gasteiger partial charge in [0.05, 0.1) is 18.4 Å². The number of nitrogen functional groups attached to an aromatic ring is 1. The quantitative estimate of drug-likeness (QED) is 0.634. The van der Waals surface area contributed by atoms with Crippen LogP contribution in [-0.4, -0.2) is 31.3 Å². The van der Waals surface area contributed by atoms with Crippen LogP contribution >= 0.6 is 0 Å². The first kappa shape index (κ1) is 15.2. The number of nitrogens with two attached hydrogens (primary N) is 1. The number of ether oxygens (including phenoxy) is 2. The van der Waals surface area contributed by atoms with Crippen LogP contribution in [0.3, 0.4) is 0 Å². The van der Waals surface area contributed by atoms with E-state index < -0.39 is 17.7 Å². The summed E-state index contributed by atoms with van der Waals surface area (Å²) in [5.74, 6) is -0.481. The average Bonchev–Trinajstić information content (AvgIpc) is 2.77. The van der Waals surface area contributed by atoms with E-state index in [2.05, 4.69) is 0 Å². The maximum atomic E-state index is 12.2. The second-order valence-corrected chi connectivity index (χ2v) is 5.94. The Morgan fingerprint density at radius 2 is 1.95 bits per heavy atom. The molecular weight excluding hydrogens is 272 g/mol. The van der Waals surface area contributed by atoms with E-state index in [0.717, 1.165) is 5.56 Å². The second kappa shape index (κ2) is 5.27. The van der Waals surface area contributed by atoms with E-state index in [1.54, 1.807) is 12.1 Å². The fourth-order valence-corrected chi connectivity index (χ4v) is 2.25. The van der Waals surface area contributed by atoms with Gasteiger partial charge in [-0.1, -0.05) is 0 Å². The van der Waals surface area contributed by atoms with Crippen LogP contribution in [0, 0.1) is 0 Å². The van der Waals surface area contributed by atoms with Gasteiger partial charge in [0.15, 0.2) is 0 Å². The first-order valence-corrected chi connectivity index (χ1v) is 6.74. The number of nitrogens with zero attached hydrogens (tertiary/aromatic N) is 1. The van der Waals surface area contributed by atoms with Gasteiger partial charge in [-0.25, -0.2) is 9.59 Å². The normalized spacial score (nSPS) is 13.8. The lowest BCUT2D eigenvalue weighted by atomic mass is 10.1. The number of rotatable bonds is 1. The molecule has 0 aliphatic carbocycles. The van der Waals surface area contributed by atoms with Crippen LogP contribution in [0.5, 0.6) is 0 Å². The second-order valence-electron chi connectivity index (χ2n) is 5.94. The highest BCUT2D eigenvalue weighted by Gasteiger charge is 2.30. The van der Waals surface area contributed by atoms with Gasteiger partial charge in [-0.3, -0.25) is 4.90 Å². The lowest BCUT2D eigenvalue weighted by Crippen LogP contribution is -2.35. The Morgan fingerprint density at radius 1 is 1.29 bits per heavy atom. The smallest absolute Gasteiger partial charge is 0.414 e. The summed E-state index contributed by atoms with van der Waals surface area (Å²) in [5, 5.41) is 0. The minimum absolute atomic E-state index is 0.288. The molecule has 0 saturated carbocycles. The third-order valence-electron chi connectivity index (χ3n) is 3.17. The number of benzene rings is 1. The molecule has 1 aliphatic rings. The van der Waals surface area contributed by atoms with Crippen LogP contribution in [-0.2, 0) is 15.9 Å². The largest absolute Gasteiger partial charge is 0.465 e. The van der Waals surface area contributed by atoms with Gasteiger partial charge in [-0.15, -0.1) is 0 Å². The first-order chi connectivity index (χ1) is 9.73. The van der Waals surface area contributed by atoms with E-state index in [1.165, 1.54) is 12.0 Å². The van der Waals surface area contributed by atoms with Crippen molar-refractivity contribution in [1.29, 1.82) is 0 Å². The summed E-state index contributed by atoms with van der Waals surface area (Å²) in [6, 6.07) is 3.30. The molecule has 0 bridgehead atoms. The average molecular weight is 292 g/mol. The molecule has 0 radical (unpaired) electrons. The highest BCUT2D eigenvalue weighted by molar-refractivity contribution is 5.99. The third kappa shape index (κ3) is 3.09. The summed E-state index contributed by atoms with van der Waals surface area (Å²) >= 11 is 0. The van der Waals surface area contributed by atoms with Crippen LogP contribution in [0.15, 0.2) is 12.1 Å². The molecular formula is C15H20N2O4. The predicted molar refractivity (Wildman–Crippen MR) is 79.5 cm³/mol. The van der Waals surface area contributed by atoms with E-state index in [9.17, 15) is 9.59 Å². The van der Waals surface area contributed by atoms with Crippen LogP contribution < -0.4 is 10.6 Å². The Bertz CT molecular complexity index is 590. The summed E-state index contributed by atoms with van der Waals surface area (Å²) in [6.45, 7) is 5.96. The number of anilines is 2. The van der Waals surface area contributed by atoms with Crippen molar-refractivity contribution in [2.75, 3.05) is 24.3 Å². The van der Waals surface area contributed by atoms with E-state index in [0.29, 0.717) is 24.2 Å². The van der Waals surface area contributed by atoms with Crippen molar-refractivity contribution >= 4 is 23.4 Å². The molecule has 6 heteroatoms. The molecule has 0 unspecified atom stereocenters. The van der Waals surface area contributed by atoms with Crippen molar-refractivity contribution in [2.45, 2.75) is 32.8 Å². The zero-order chi connectivity index (χ0) is 15.8. The molecule has 0 atom stereocenters. The number of esters is 1. The zero-order valence-corrected chi connectivity index (χ0v) is 12.7. The molecule has 0 saturated heterocycles. The molecule has 0 spiro atoms. The van der Waals surface area contributed by atoms with E-state index >= 15 is 0 Å².